The number of anilines is 2. The highest BCUT2D eigenvalue weighted by atomic mass is 19.1. The van der Waals surface area contributed by atoms with E-state index in [0.717, 1.165) is 56.5 Å². The van der Waals surface area contributed by atoms with Crippen LogP contribution in [-0.4, -0.2) is 106 Å². The summed E-state index contributed by atoms with van der Waals surface area (Å²) in [4.78, 5) is 47.7. The van der Waals surface area contributed by atoms with Crippen molar-refractivity contribution in [2.24, 2.45) is 0 Å². The number of nitrogens with zero attached hydrogens (tertiary/aromatic N) is 7. The first-order valence-electron chi connectivity index (χ1n) is 18.3. The van der Waals surface area contributed by atoms with Crippen LogP contribution in [-0.2, 0) is 9.47 Å². The maximum atomic E-state index is 17.0. The number of rotatable bonds is 6. The van der Waals surface area contributed by atoms with Gasteiger partial charge in [-0.25, -0.2) is 18.4 Å². The van der Waals surface area contributed by atoms with Crippen LogP contribution in [0.5, 0.6) is 6.01 Å². The number of amides is 2. The molecule has 52 heavy (non-hydrogen) atoms. The summed E-state index contributed by atoms with van der Waals surface area (Å²) in [5.74, 6) is -1.08. The minimum Gasteiger partial charge on any atom is -0.461 e. The van der Waals surface area contributed by atoms with Crippen LogP contribution >= 0.6 is 0 Å². The molecule has 1 aromatic carbocycles. The second-order valence-corrected chi connectivity index (χ2v) is 16.6. The summed E-state index contributed by atoms with van der Waals surface area (Å²) in [6.45, 7) is 14.0. The fourth-order valence-corrected chi connectivity index (χ4v) is 8.33. The van der Waals surface area contributed by atoms with Crippen molar-refractivity contribution in [3.05, 3.63) is 36.0 Å². The van der Waals surface area contributed by atoms with Gasteiger partial charge in [0.2, 0.25) is 0 Å². The molecule has 4 aliphatic heterocycles. The Morgan fingerprint density at radius 2 is 1.62 bits per heavy atom. The van der Waals surface area contributed by atoms with Crippen LogP contribution in [0.2, 0.25) is 0 Å². The third kappa shape index (κ3) is 6.81. The monoisotopic (exact) mass is 721 g/mol. The first-order valence-corrected chi connectivity index (χ1v) is 18.3. The fraction of sp³-hybridized carbons (Fsp3) is 0.605. The maximum Gasteiger partial charge on any atom is 0.414 e. The number of pyridine rings is 1. The smallest absolute Gasteiger partial charge is 0.414 e. The second kappa shape index (κ2) is 13.3. The quantitative estimate of drug-likeness (QED) is 0.265. The number of benzene rings is 1. The van der Waals surface area contributed by atoms with Gasteiger partial charge in [-0.1, -0.05) is 12.1 Å². The molecule has 2 bridgehead atoms. The molecule has 2 aromatic heterocycles. The lowest BCUT2D eigenvalue weighted by Gasteiger charge is -2.42. The predicted molar refractivity (Wildman–Crippen MR) is 193 cm³/mol. The molecule has 2 atom stereocenters. The lowest BCUT2D eigenvalue weighted by atomic mass is 9.95. The van der Waals surface area contributed by atoms with Gasteiger partial charge in [0.25, 0.3) is 0 Å². The topological polar surface area (TPSA) is 113 Å². The molecule has 6 heterocycles. The second-order valence-electron chi connectivity index (χ2n) is 16.6. The third-order valence-electron chi connectivity index (χ3n) is 10.6. The van der Waals surface area contributed by atoms with E-state index in [9.17, 15) is 9.59 Å². The van der Waals surface area contributed by atoms with Gasteiger partial charge in [0.15, 0.2) is 5.82 Å². The van der Waals surface area contributed by atoms with Crippen molar-refractivity contribution in [1.29, 1.82) is 0 Å². The molecule has 2 amide bonds. The van der Waals surface area contributed by atoms with Crippen molar-refractivity contribution in [2.45, 2.75) is 109 Å². The first-order chi connectivity index (χ1) is 24.5. The Bertz CT molecular complexity index is 1850. The summed E-state index contributed by atoms with van der Waals surface area (Å²) in [5, 5.41) is 0.360. The number of hydrogen-bond acceptors (Lipinski definition) is 10. The highest BCUT2D eigenvalue weighted by molar-refractivity contribution is 5.96. The number of ether oxygens (including phenoxy) is 3. The van der Waals surface area contributed by atoms with Crippen molar-refractivity contribution in [3.63, 3.8) is 0 Å². The first kappa shape index (κ1) is 36.0. The molecular weight excluding hydrogens is 672 g/mol. The van der Waals surface area contributed by atoms with Gasteiger partial charge < -0.3 is 19.1 Å². The zero-order valence-electron chi connectivity index (χ0n) is 31.2. The van der Waals surface area contributed by atoms with Crippen LogP contribution in [0.4, 0.5) is 29.9 Å². The van der Waals surface area contributed by atoms with E-state index in [1.54, 1.807) is 20.8 Å². The molecule has 12 nitrogen and oxygen atoms in total. The standard InChI is InChI=1S/C38H49F2N7O5/c1-36(2,3)51-34(48)44(7)31-25(11-8-12-27(31)39)29-28(40)30-26(19-41-29)32(43-33(42-30)50-22-38-15-9-17-46(38)18-10-16-38)45-20-23-13-14-24(21-45)47(23)35(49)52-37(4,5)6/h8,11-12,19,23-24H,9-10,13-18,20-22H2,1-7H3/t23-,24+. The average Bonchev–Trinajstić information content (AvgIpc) is 3.72. The molecular formula is C38H49F2N7O5. The van der Waals surface area contributed by atoms with Gasteiger partial charge in [-0.15, -0.1) is 0 Å². The van der Waals surface area contributed by atoms with E-state index >= 15 is 8.78 Å². The van der Waals surface area contributed by atoms with Crippen molar-refractivity contribution in [2.75, 3.05) is 49.6 Å². The minimum absolute atomic E-state index is 0.0331. The Hall–Kier alpha value is -4.33. The Morgan fingerprint density at radius 1 is 0.962 bits per heavy atom. The van der Waals surface area contributed by atoms with Crippen molar-refractivity contribution in [3.8, 4) is 17.3 Å². The van der Waals surface area contributed by atoms with Crippen LogP contribution in [0.15, 0.2) is 24.4 Å². The van der Waals surface area contributed by atoms with E-state index in [1.165, 1.54) is 31.4 Å². The van der Waals surface area contributed by atoms with E-state index in [1.807, 2.05) is 25.7 Å². The molecule has 7 rings (SSSR count). The minimum atomic E-state index is -0.835. The molecule has 4 aliphatic rings. The molecule has 0 saturated carbocycles. The number of hydrogen-bond donors (Lipinski definition) is 0. The van der Waals surface area contributed by atoms with Crippen LogP contribution in [0, 0.1) is 11.6 Å². The Morgan fingerprint density at radius 3 is 2.25 bits per heavy atom. The lowest BCUT2D eigenvalue weighted by Crippen LogP contribution is -2.57. The summed E-state index contributed by atoms with van der Waals surface area (Å²) < 4.78 is 50.2. The van der Waals surface area contributed by atoms with Gasteiger partial charge in [0.05, 0.1) is 28.7 Å². The predicted octanol–water partition coefficient (Wildman–Crippen LogP) is 6.94. The van der Waals surface area contributed by atoms with Crippen molar-refractivity contribution in [1.82, 2.24) is 24.8 Å². The van der Waals surface area contributed by atoms with Crippen LogP contribution < -0.4 is 14.5 Å². The molecule has 0 aliphatic carbocycles. The van der Waals surface area contributed by atoms with Crippen molar-refractivity contribution < 1.29 is 32.6 Å². The molecule has 14 heteroatoms. The fourth-order valence-electron chi connectivity index (χ4n) is 8.33. The Balaban J connectivity index is 1.28. The largest absolute Gasteiger partial charge is 0.461 e. The average molecular weight is 722 g/mol. The maximum absolute atomic E-state index is 17.0. The number of carbonyl (C=O) groups is 2. The van der Waals surface area contributed by atoms with Gasteiger partial charge in [-0.2, -0.15) is 9.97 Å². The zero-order chi connectivity index (χ0) is 37.2. The molecule has 280 valence electrons. The Kier molecular flexibility index (Phi) is 9.19. The SMILES string of the molecule is CN(C(=O)OC(C)(C)C)c1c(F)cccc1-c1ncc2c(N3C[C@H]4CC[C@@H](C3)N4C(=O)OC(C)(C)C)nc(OCC34CCCN3CCC4)nc2c1F. The van der Waals surface area contributed by atoms with Gasteiger partial charge in [0.1, 0.15) is 40.7 Å². The highest BCUT2D eigenvalue weighted by Gasteiger charge is 2.46. The number of halogens is 2. The van der Waals surface area contributed by atoms with Crippen LogP contribution in [0.1, 0.15) is 80.1 Å². The number of para-hydroxylation sites is 1. The van der Waals surface area contributed by atoms with Gasteiger partial charge in [-0.3, -0.25) is 19.7 Å². The summed E-state index contributed by atoms with van der Waals surface area (Å²) in [6.07, 6.45) is 6.17. The van der Waals surface area contributed by atoms with Gasteiger partial charge >= 0.3 is 18.2 Å². The highest BCUT2D eigenvalue weighted by Crippen LogP contribution is 2.42. The number of carbonyl (C=O) groups excluding carboxylic acids is 2. The number of piperazine rings is 1. The zero-order valence-corrected chi connectivity index (χ0v) is 31.2. The lowest BCUT2D eigenvalue weighted by molar-refractivity contribution is 0.0122. The molecule has 0 spiro atoms. The van der Waals surface area contributed by atoms with Crippen molar-refractivity contribution >= 4 is 34.6 Å². The van der Waals surface area contributed by atoms with Gasteiger partial charge in [0, 0.05) is 31.9 Å². The molecule has 0 unspecified atom stereocenters. The molecule has 4 saturated heterocycles. The summed E-state index contributed by atoms with van der Waals surface area (Å²) in [5.41, 5.74) is -1.88. The Labute approximate surface area is 303 Å². The van der Waals surface area contributed by atoms with E-state index in [2.05, 4.69) is 19.8 Å². The summed E-state index contributed by atoms with van der Waals surface area (Å²) in [7, 11) is 1.38. The number of fused-ring (bicyclic) bond motifs is 4. The molecule has 4 fully saturated rings. The van der Waals surface area contributed by atoms with E-state index < -0.39 is 28.9 Å². The van der Waals surface area contributed by atoms with E-state index in [4.69, 9.17) is 19.2 Å². The summed E-state index contributed by atoms with van der Waals surface area (Å²) in [6, 6.07) is 3.95. The third-order valence-corrected chi connectivity index (χ3v) is 10.6. The van der Waals surface area contributed by atoms with E-state index in [-0.39, 0.29) is 52.2 Å². The van der Waals surface area contributed by atoms with E-state index in [0.29, 0.717) is 30.9 Å². The summed E-state index contributed by atoms with van der Waals surface area (Å²) >= 11 is 0. The normalized spacial score (nSPS) is 21.4. The molecule has 3 aromatic rings. The molecule has 0 N–H and O–H groups in total. The van der Waals surface area contributed by atoms with Crippen LogP contribution in [0.25, 0.3) is 22.2 Å². The number of aromatic nitrogens is 3. The van der Waals surface area contributed by atoms with Crippen LogP contribution in [0.3, 0.4) is 0 Å². The molecule has 0 radical (unpaired) electrons. The van der Waals surface area contributed by atoms with Gasteiger partial charge in [-0.05, 0) is 99.2 Å².